The predicted molar refractivity (Wildman–Crippen MR) is 58.4 cm³/mol. The molecule has 0 fully saturated rings. The summed E-state index contributed by atoms with van der Waals surface area (Å²) in [6, 6.07) is 0.710. The molecule has 0 spiro atoms. The zero-order valence-electron chi connectivity index (χ0n) is 8.84. The van der Waals surface area contributed by atoms with Gasteiger partial charge in [-0.3, -0.25) is 13.9 Å². The van der Waals surface area contributed by atoms with Crippen molar-refractivity contribution >= 4 is 32.5 Å². The van der Waals surface area contributed by atoms with Crippen LogP contribution < -0.4 is 0 Å². The van der Waals surface area contributed by atoms with Crippen LogP contribution in [0.1, 0.15) is 20.7 Å². The number of aromatic carboxylic acids is 1. The van der Waals surface area contributed by atoms with Gasteiger partial charge >= 0.3 is 5.97 Å². The molecule has 0 radical (unpaired) electrons. The highest BCUT2D eigenvalue weighted by atomic mass is 32.2. The standard InChI is InChI=1S/C8H6O9S2/c9-3-4-1-5(18(12,13)14)2-6(19(15,16)17)7(4)8(10)11/h1-3H,(H,10,11)(H,12,13,14)(H,15,16,17). The highest BCUT2D eigenvalue weighted by molar-refractivity contribution is 7.86. The van der Waals surface area contributed by atoms with E-state index in [1.165, 1.54) is 0 Å². The number of rotatable bonds is 4. The summed E-state index contributed by atoms with van der Waals surface area (Å²) < 4.78 is 61.4. The Morgan fingerprint density at radius 1 is 1.05 bits per heavy atom. The number of aldehydes is 1. The average molecular weight is 310 g/mol. The first-order valence-electron chi connectivity index (χ1n) is 4.30. The first-order valence-corrected chi connectivity index (χ1v) is 7.18. The molecule has 0 saturated heterocycles. The zero-order valence-corrected chi connectivity index (χ0v) is 10.5. The van der Waals surface area contributed by atoms with E-state index < -0.39 is 47.1 Å². The van der Waals surface area contributed by atoms with Crippen LogP contribution in [0.25, 0.3) is 0 Å². The SMILES string of the molecule is O=Cc1cc(S(=O)(=O)O)cc(S(=O)(=O)O)c1C(=O)O. The molecule has 11 heteroatoms. The highest BCUT2D eigenvalue weighted by Crippen LogP contribution is 2.24. The van der Waals surface area contributed by atoms with Crippen LogP contribution in [0.4, 0.5) is 0 Å². The molecule has 9 nitrogen and oxygen atoms in total. The topological polar surface area (TPSA) is 163 Å². The van der Waals surface area contributed by atoms with Gasteiger partial charge < -0.3 is 5.11 Å². The number of hydrogen-bond donors (Lipinski definition) is 3. The average Bonchev–Trinajstić information content (AvgIpc) is 2.24. The predicted octanol–water partition coefficient (Wildman–Crippen LogP) is -0.309. The molecule has 0 aliphatic carbocycles. The second-order valence-electron chi connectivity index (χ2n) is 3.26. The summed E-state index contributed by atoms with van der Waals surface area (Å²) in [6.07, 6.45) is -0.118. The van der Waals surface area contributed by atoms with Crippen molar-refractivity contribution in [3.63, 3.8) is 0 Å². The monoisotopic (exact) mass is 310 g/mol. The smallest absolute Gasteiger partial charge is 0.337 e. The van der Waals surface area contributed by atoms with E-state index in [1.54, 1.807) is 0 Å². The van der Waals surface area contributed by atoms with Crippen LogP contribution in [0.3, 0.4) is 0 Å². The molecule has 0 aliphatic heterocycles. The molecule has 0 amide bonds. The number of carbonyl (C=O) groups excluding carboxylic acids is 1. The van der Waals surface area contributed by atoms with Crippen LogP contribution in [0.15, 0.2) is 21.9 Å². The van der Waals surface area contributed by atoms with Crippen molar-refractivity contribution < 1.29 is 40.6 Å². The fourth-order valence-corrected chi connectivity index (χ4v) is 2.64. The minimum absolute atomic E-state index is 0.118. The Balaban J connectivity index is 3.97. The minimum atomic E-state index is -5.11. The molecule has 3 N–H and O–H groups in total. The van der Waals surface area contributed by atoms with Gasteiger partial charge in [0.2, 0.25) is 0 Å². The quantitative estimate of drug-likeness (QED) is 0.499. The van der Waals surface area contributed by atoms with E-state index in [0.717, 1.165) is 0 Å². The lowest BCUT2D eigenvalue weighted by Gasteiger charge is -2.07. The maximum absolute atomic E-state index is 11.0. The van der Waals surface area contributed by atoms with Crippen molar-refractivity contribution in [2.24, 2.45) is 0 Å². The van der Waals surface area contributed by atoms with Gasteiger partial charge in [-0.05, 0) is 12.1 Å². The Morgan fingerprint density at radius 2 is 1.58 bits per heavy atom. The molecule has 0 heterocycles. The van der Waals surface area contributed by atoms with Crippen molar-refractivity contribution in [2.75, 3.05) is 0 Å². The van der Waals surface area contributed by atoms with Crippen LogP contribution in [0.2, 0.25) is 0 Å². The number of carboxylic acids is 1. The van der Waals surface area contributed by atoms with Gasteiger partial charge in [-0.2, -0.15) is 16.8 Å². The first kappa shape index (κ1) is 15.2. The molecule has 0 aromatic heterocycles. The Bertz CT molecular complexity index is 758. The third kappa shape index (κ3) is 3.14. The van der Waals surface area contributed by atoms with Gasteiger partial charge in [0.25, 0.3) is 20.2 Å². The lowest BCUT2D eigenvalue weighted by atomic mass is 10.1. The molecule has 0 saturated carbocycles. The highest BCUT2D eigenvalue weighted by Gasteiger charge is 2.27. The first-order chi connectivity index (χ1) is 8.48. The van der Waals surface area contributed by atoms with E-state index in [0.29, 0.717) is 6.07 Å². The third-order valence-electron chi connectivity index (χ3n) is 2.02. The molecule has 0 unspecified atom stereocenters. The summed E-state index contributed by atoms with van der Waals surface area (Å²) in [4.78, 5) is 19.2. The lowest BCUT2D eigenvalue weighted by Crippen LogP contribution is -2.13. The van der Waals surface area contributed by atoms with Crippen LogP contribution in [-0.2, 0) is 20.2 Å². The molecule has 104 valence electrons. The summed E-state index contributed by atoms with van der Waals surface area (Å²) in [5.74, 6) is -1.86. The number of hydrogen-bond acceptors (Lipinski definition) is 6. The van der Waals surface area contributed by atoms with Crippen LogP contribution in [0, 0.1) is 0 Å². The second kappa shape index (κ2) is 4.70. The largest absolute Gasteiger partial charge is 0.478 e. The number of carboxylic acid groups (broad SMARTS) is 1. The van der Waals surface area contributed by atoms with Crippen LogP contribution >= 0.6 is 0 Å². The van der Waals surface area contributed by atoms with Crippen molar-refractivity contribution in [1.29, 1.82) is 0 Å². The van der Waals surface area contributed by atoms with Gasteiger partial charge in [0.15, 0.2) is 6.29 Å². The molecular formula is C8H6O9S2. The van der Waals surface area contributed by atoms with Gasteiger partial charge in [0.1, 0.15) is 4.90 Å². The summed E-state index contributed by atoms with van der Waals surface area (Å²) in [7, 11) is -10.00. The molecule has 0 aliphatic rings. The molecule has 0 bridgehead atoms. The molecule has 1 rings (SSSR count). The van der Waals surface area contributed by atoms with Gasteiger partial charge in [0.05, 0.1) is 10.5 Å². The normalized spacial score (nSPS) is 12.1. The van der Waals surface area contributed by atoms with Gasteiger partial charge in [-0.25, -0.2) is 4.79 Å². The van der Waals surface area contributed by atoms with E-state index >= 15 is 0 Å². The van der Waals surface area contributed by atoms with Crippen LogP contribution in [-0.4, -0.2) is 43.3 Å². The molecule has 1 aromatic carbocycles. The maximum atomic E-state index is 11.0. The number of benzene rings is 1. The summed E-state index contributed by atoms with van der Waals surface area (Å²) in [6.45, 7) is 0. The van der Waals surface area contributed by atoms with Gasteiger partial charge in [-0.15, -0.1) is 0 Å². The van der Waals surface area contributed by atoms with Gasteiger partial charge in [-0.1, -0.05) is 0 Å². The Labute approximate surface area is 107 Å². The Morgan fingerprint density at radius 3 is 1.89 bits per heavy atom. The van der Waals surface area contributed by atoms with Crippen molar-refractivity contribution in [3.05, 3.63) is 23.3 Å². The molecule has 1 aromatic rings. The van der Waals surface area contributed by atoms with Crippen molar-refractivity contribution in [2.45, 2.75) is 9.79 Å². The van der Waals surface area contributed by atoms with Gasteiger partial charge in [0, 0.05) is 5.56 Å². The minimum Gasteiger partial charge on any atom is -0.478 e. The number of carbonyl (C=O) groups is 2. The third-order valence-corrected chi connectivity index (χ3v) is 3.73. The fourth-order valence-electron chi connectivity index (χ4n) is 1.28. The summed E-state index contributed by atoms with van der Waals surface area (Å²) in [5.41, 5.74) is -1.92. The van der Waals surface area contributed by atoms with Crippen molar-refractivity contribution in [3.8, 4) is 0 Å². The fraction of sp³-hybridized carbons (Fsp3) is 0. The Kier molecular flexibility index (Phi) is 3.77. The summed E-state index contributed by atoms with van der Waals surface area (Å²) in [5, 5.41) is 8.79. The zero-order chi connectivity index (χ0) is 15.0. The molecule has 0 atom stereocenters. The Hall–Kier alpha value is -1.82. The van der Waals surface area contributed by atoms with Crippen molar-refractivity contribution in [1.82, 2.24) is 0 Å². The maximum Gasteiger partial charge on any atom is 0.337 e. The van der Waals surface area contributed by atoms with E-state index in [4.69, 9.17) is 14.2 Å². The lowest BCUT2D eigenvalue weighted by molar-refractivity contribution is 0.0689. The summed E-state index contributed by atoms with van der Waals surface area (Å²) >= 11 is 0. The van der Waals surface area contributed by atoms with E-state index in [-0.39, 0.29) is 12.4 Å². The van der Waals surface area contributed by atoms with Crippen LogP contribution in [0.5, 0.6) is 0 Å². The molecular weight excluding hydrogens is 304 g/mol. The second-order valence-corrected chi connectivity index (χ2v) is 6.07. The van der Waals surface area contributed by atoms with E-state index in [1.807, 2.05) is 0 Å². The van der Waals surface area contributed by atoms with E-state index in [2.05, 4.69) is 0 Å². The molecule has 19 heavy (non-hydrogen) atoms. The van der Waals surface area contributed by atoms with E-state index in [9.17, 15) is 26.4 Å².